The zero-order valence-corrected chi connectivity index (χ0v) is 16.1. The second-order valence-corrected chi connectivity index (χ2v) is 7.89. The summed E-state index contributed by atoms with van der Waals surface area (Å²) in [5.41, 5.74) is 0.755. The molecular weight excluding hydrogens is 318 g/mol. The molecular formula is C20H29NO4. The zero-order valence-electron chi connectivity index (χ0n) is 16.1. The van der Waals surface area contributed by atoms with Crippen molar-refractivity contribution in [2.24, 2.45) is 10.8 Å². The van der Waals surface area contributed by atoms with Crippen LogP contribution in [0.15, 0.2) is 18.2 Å². The average Bonchev–Trinajstić information content (AvgIpc) is 2.54. The summed E-state index contributed by atoms with van der Waals surface area (Å²) in [6.07, 6.45) is 1.05. The average molecular weight is 347 g/mol. The van der Waals surface area contributed by atoms with Crippen molar-refractivity contribution in [1.82, 2.24) is 5.32 Å². The van der Waals surface area contributed by atoms with Gasteiger partial charge in [0.15, 0.2) is 0 Å². The third-order valence-corrected chi connectivity index (χ3v) is 4.92. The van der Waals surface area contributed by atoms with Crippen molar-refractivity contribution in [1.29, 1.82) is 0 Å². The lowest BCUT2D eigenvalue weighted by Crippen LogP contribution is -2.57. The van der Waals surface area contributed by atoms with E-state index in [1.807, 2.05) is 45.9 Å². The molecule has 0 heterocycles. The van der Waals surface area contributed by atoms with Crippen LogP contribution >= 0.6 is 0 Å². The van der Waals surface area contributed by atoms with Gasteiger partial charge < -0.3 is 14.8 Å². The van der Waals surface area contributed by atoms with Crippen LogP contribution in [-0.4, -0.2) is 31.6 Å². The normalized spacial score (nSPS) is 22.7. The van der Waals surface area contributed by atoms with Crippen LogP contribution in [0.5, 0.6) is 5.75 Å². The number of methoxy groups -OCH3 is 1. The van der Waals surface area contributed by atoms with Crippen molar-refractivity contribution in [2.75, 3.05) is 13.7 Å². The van der Waals surface area contributed by atoms with Crippen LogP contribution in [0.2, 0.25) is 0 Å². The molecule has 1 amide bonds. The van der Waals surface area contributed by atoms with E-state index in [0.29, 0.717) is 19.4 Å². The number of rotatable bonds is 4. The number of nitrogens with one attached hydrogen (secondary N) is 1. The molecule has 0 spiro atoms. The van der Waals surface area contributed by atoms with E-state index in [0.717, 1.165) is 16.9 Å². The Morgan fingerprint density at radius 1 is 1.32 bits per heavy atom. The summed E-state index contributed by atoms with van der Waals surface area (Å²) in [5.74, 6) is 0.416. The van der Waals surface area contributed by atoms with Crippen LogP contribution in [0.1, 0.15) is 45.7 Å². The van der Waals surface area contributed by atoms with Crippen LogP contribution in [-0.2, 0) is 27.2 Å². The van der Waals surface area contributed by atoms with E-state index in [9.17, 15) is 9.59 Å². The van der Waals surface area contributed by atoms with Gasteiger partial charge >= 0.3 is 5.97 Å². The number of hydrogen-bond acceptors (Lipinski definition) is 4. The lowest BCUT2D eigenvalue weighted by atomic mass is 9.68. The minimum atomic E-state index is -0.835. The van der Waals surface area contributed by atoms with E-state index in [1.54, 1.807) is 14.0 Å². The highest BCUT2D eigenvalue weighted by Gasteiger charge is 2.48. The van der Waals surface area contributed by atoms with E-state index in [-0.39, 0.29) is 17.9 Å². The Hall–Kier alpha value is -2.04. The highest BCUT2D eigenvalue weighted by molar-refractivity contribution is 5.84. The number of benzene rings is 1. The van der Waals surface area contributed by atoms with Gasteiger partial charge in [-0.25, -0.2) is 0 Å². The third kappa shape index (κ3) is 3.80. The zero-order chi connectivity index (χ0) is 18.8. The van der Waals surface area contributed by atoms with Crippen molar-refractivity contribution < 1.29 is 19.1 Å². The molecule has 0 bridgehead atoms. The van der Waals surface area contributed by atoms with Gasteiger partial charge in [0.1, 0.15) is 5.75 Å². The molecule has 1 aliphatic rings. The Kier molecular flexibility index (Phi) is 5.45. The first-order chi connectivity index (χ1) is 11.6. The summed E-state index contributed by atoms with van der Waals surface area (Å²) in [5, 5.41) is 3.09. The molecule has 0 unspecified atom stereocenters. The minimum Gasteiger partial charge on any atom is -0.496 e. The molecule has 2 rings (SSSR count). The number of hydrogen-bond donors (Lipinski definition) is 1. The maximum Gasteiger partial charge on any atom is 0.314 e. The maximum absolute atomic E-state index is 12.8. The van der Waals surface area contributed by atoms with Gasteiger partial charge in [0, 0.05) is 11.5 Å². The molecule has 1 N–H and O–H groups in total. The summed E-state index contributed by atoms with van der Waals surface area (Å²) in [4.78, 5) is 25.3. The SMILES string of the molecule is CCOC(=O)[C@@]1(C)Cc2c(cccc2OC)C[C@H]1NC(=O)C(C)(C)C. The number of carbonyl (C=O) groups excluding carboxylic acids is 2. The number of amides is 1. The van der Waals surface area contributed by atoms with Crippen LogP contribution < -0.4 is 10.1 Å². The molecule has 5 heteroatoms. The van der Waals surface area contributed by atoms with Crippen molar-refractivity contribution in [2.45, 2.75) is 53.5 Å². The number of fused-ring (bicyclic) bond motifs is 1. The molecule has 5 nitrogen and oxygen atoms in total. The van der Waals surface area contributed by atoms with Gasteiger partial charge in [-0.15, -0.1) is 0 Å². The predicted molar refractivity (Wildman–Crippen MR) is 96.5 cm³/mol. The van der Waals surface area contributed by atoms with Gasteiger partial charge in [-0.2, -0.15) is 0 Å². The Morgan fingerprint density at radius 3 is 2.56 bits per heavy atom. The summed E-state index contributed by atoms with van der Waals surface area (Å²) >= 11 is 0. The van der Waals surface area contributed by atoms with E-state index in [2.05, 4.69) is 5.32 Å². The molecule has 1 aliphatic carbocycles. The molecule has 0 saturated heterocycles. The standard InChI is InChI=1S/C20H29NO4/c1-7-25-18(23)20(5)12-14-13(9-8-10-15(14)24-6)11-16(20)21-17(22)19(2,3)4/h8-10,16H,7,11-12H2,1-6H3,(H,21,22)/t16-,20+/m1/s1. The van der Waals surface area contributed by atoms with E-state index in [4.69, 9.17) is 9.47 Å². The van der Waals surface area contributed by atoms with Crippen LogP contribution in [0.25, 0.3) is 0 Å². The van der Waals surface area contributed by atoms with Crippen molar-refractivity contribution in [3.8, 4) is 5.75 Å². The van der Waals surface area contributed by atoms with Crippen LogP contribution in [0.3, 0.4) is 0 Å². The third-order valence-electron chi connectivity index (χ3n) is 4.92. The molecule has 0 saturated carbocycles. The first-order valence-electron chi connectivity index (χ1n) is 8.76. The van der Waals surface area contributed by atoms with Crippen molar-refractivity contribution >= 4 is 11.9 Å². The van der Waals surface area contributed by atoms with E-state index in [1.165, 1.54) is 0 Å². The molecule has 1 aromatic rings. The highest BCUT2D eigenvalue weighted by atomic mass is 16.5. The fourth-order valence-corrected chi connectivity index (χ4v) is 3.23. The van der Waals surface area contributed by atoms with Gasteiger partial charge in [0.2, 0.25) is 5.91 Å². The monoisotopic (exact) mass is 347 g/mol. The Balaban J connectivity index is 2.44. The summed E-state index contributed by atoms with van der Waals surface area (Å²) in [7, 11) is 1.63. The van der Waals surface area contributed by atoms with Crippen LogP contribution in [0.4, 0.5) is 0 Å². The molecule has 0 fully saturated rings. The lowest BCUT2D eigenvalue weighted by molar-refractivity contribution is -0.157. The lowest BCUT2D eigenvalue weighted by Gasteiger charge is -2.41. The molecule has 0 aromatic heterocycles. The van der Waals surface area contributed by atoms with Crippen molar-refractivity contribution in [3.63, 3.8) is 0 Å². The van der Waals surface area contributed by atoms with E-state index >= 15 is 0 Å². The predicted octanol–water partition coefficient (Wildman–Crippen LogP) is 2.89. The molecule has 0 aliphatic heterocycles. The highest BCUT2D eigenvalue weighted by Crippen LogP contribution is 2.40. The second kappa shape index (κ2) is 7.06. The quantitative estimate of drug-likeness (QED) is 0.851. The Labute approximate surface area is 150 Å². The fraction of sp³-hybridized carbons (Fsp3) is 0.600. The Bertz CT molecular complexity index is 662. The first-order valence-corrected chi connectivity index (χ1v) is 8.76. The second-order valence-electron chi connectivity index (χ2n) is 7.89. The number of carbonyl (C=O) groups is 2. The largest absolute Gasteiger partial charge is 0.496 e. The molecule has 2 atom stereocenters. The van der Waals surface area contributed by atoms with Gasteiger partial charge in [0.05, 0.1) is 19.1 Å². The summed E-state index contributed by atoms with van der Waals surface area (Å²) in [6, 6.07) is 5.54. The van der Waals surface area contributed by atoms with Gasteiger partial charge in [-0.1, -0.05) is 32.9 Å². The van der Waals surface area contributed by atoms with Gasteiger partial charge in [0.25, 0.3) is 0 Å². The van der Waals surface area contributed by atoms with Crippen LogP contribution in [0, 0.1) is 10.8 Å². The van der Waals surface area contributed by atoms with Crippen molar-refractivity contribution in [3.05, 3.63) is 29.3 Å². The van der Waals surface area contributed by atoms with E-state index < -0.39 is 10.8 Å². The first kappa shape index (κ1) is 19.3. The van der Waals surface area contributed by atoms with Gasteiger partial charge in [-0.05, 0) is 43.9 Å². The maximum atomic E-state index is 12.8. The van der Waals surface area contributed by atoms with Gasteiger partial charge in [-0.3, -0.25) is 9.59 Å². The molecule has 25 heavy (non-hydrogen) atoms. The smallest absolute Gasteiger partial charge is 0.314 e. The summed E-state index contributed by atoms with van der Waals surface area (Å²) < 4.78 is 10.8. The topological polar surface area (TPSA) is 64.6 Å². The minimum absolute atomic E-state index is 0.0700. The summed E-state index contributed by atoms with van der Waals surface area (Å²) in [6.45, 7) is 9.57. The number of ether oxygens (including phenoxy) is 2. The molecule has 0 radical (unpaired) electrons. The molecule has 1 aromatic carbocycles. The fourth-order valence-electron chi connectivity index (χ4n) is 3.23. The number of esters is 1. The molecule has 138 valence electrons. The Morgan fingerprint density at radius 2 is 2.00 bits per heavy atom.